The molecule has 2 aliphatic rings. The van der Waals surface area contributed by atoms with Crippen molar-refractivity contribution < 1.29 is 9.90 Å². The van der Waals surface area contributed by atoms with Gasteiger partial charge in [-0.05, 0) is 36.5 Å². The molecular weight excluding hydrogens is 248 g/mol. The molecule has 0 amide bonds. The Morgan fingerprint density at radius 1 is 1.20 bits per heavy atom. The SMILES string of the molecule is C=C1C2=C(C)CC[C@@](O)(C(=O)c3ccccc31)C2(C)C. The molecule has 104 valence electrons. The molecule has 0 spiro atoms. The molecule has 2 nitrogen and oxygen atoms in total. The molecule has 20 heavy (non-hydrogen) atoms. The second kappa shape index (κ2) is 3.92. The number of fused-ring (bicyclic) bond motifs is 3. The van der Waals surface area contributed by atoms with Crippen molar-refractivity contribution in [3.8, 4) is 0 Å². The lowest BCUT2D eigenvalue weighted by molar-refractivity contribution is -0.0331. The molecule has 2 bridgehead atoms. The number of allylic oxidation sites excluding steroid dienone is 2. The Labute approximate surface area is 119 Å². The highest BCUT2D eigenvalue weighted by atomic mass is 16.3. The van der Waals surface area contributed by atoms with E-state index in [0.29, 0.717) is 12.0 Å². The molecule has 0 aliphatic heterocycles. The van der Waals surface area contributed by atoms with Crippen LogP contribution in [0, 0.1) is 5.41 Å². The zero-order valence-electron chi connectivity index (χ0n) is 12.3. The van der Waals surface area contributed by atoms with Crippen LogP contribution in [-0.2, 0) is 0 Å². The number of benzene rings is 1. The number of Topliss-reactive ketones (excluding diaryl/α,β-unsaturated/α-hetero) is 1. The molecule has 1 aromatic rings. The fraction of sp³-hybridized carbons (Fsp3) is 0.389. The molecule has 2 aliphatic carbocycles. The van der Waals surface area contributed by atoms with E-state index in [2.05, 4.69) is 13.5 Å². The second-order valence-corrected chi connectivity index (χ2v) is 6.49. The topological polar surface area (TPSA) is 37.3 Å². The van der Waals surface area contributed by atoms with E-state index in [1.807, 2.05) is 32.0 Å². The molecule has 0 aromatic heterocycles. The van der Waals surface area contributed by atoms with Crippen LogP contribution in [0.4, 0.5) is 0 Å². The fourth-order valence-electron chi connectivity index (χ4n) is 3.88. The van der Waals surface area contributed by atoms with E-state index in [-0.39, 0.29) is 5.78 Å². The van der Waals surface area contributed by atoms with Crippen LogP contribution >= 0.6 is 0 Å². The number of ketones is 1. The molecular formula is C18H20O2. The van der Waals surface area contributed by atoms with E-state index in [9.17, 15) is 9.90 Å². The van der Waals surface area contributed by atoms with Gasteiger partial charge in [-0.2, -0.15) is 0 Å². The maximum atomic E-state index is 12.9. The Morgan fingerprint density at radius 3 is 2.45 bits per heavy atom. The lowest BCUT2D eigenvalue weighted by Crippen LogP contribution is -2.53. The number of hydrogen-bond acceptors (Lipinski definition) is 2. The van der Waals surface area contributed by atoms with Crippen molar-refractivity contribution >= 4 is 11.4 Å². The van der Waals surface area contributed by atoms with Crippen molar-refractivity contribution in [2.45, 2.75) is 39.2 Å². The van der Waals surface area contributed by atoms with E-state index >= 15 is 0 Å². The average molecular weight is 268 g/mol. The van der Waals surface area contributed by atoms with Gasteiger partial charge < -0.3 is 5.11 Å². The number of hydrogen-bond donors (Lipinski definition) is 1. The third-order valence-electron chi connectivity index (χ3n) is 5.12. The van der Waals surface area contributed by atoms with Crippen LogP contribution < -0.4 is 0 Å². The van der Waals surface area contributed by atoms with Gasteiger partial charge in [0.25, 0.3) is 0 Å². The number of carbonyl (C=O) groups is 1. The van der Waals surface area contributed by atoms with Gasteiger partial charge in [-0.3, -0.25) is 4.79 Å². The lowest BCUT2D eigenvalue weighted by atomic mass is 9.60. The first-order valence-corrected chi connectivity index (χ1v) is 7.07. The van der Waals surface area contributed by atoms with Crippen LogP contribution in [-0.4, -0.2) is 16.5 Å². The van der Waals surface area contributed by atoms with Gasteiger partial charge in [0.1, 0.15) is 5.60 Å². The van der Waals surface area contributed by atoms with Crippen molar-refractivity contribution in [1.29, 1.82) is 0 Å². The van der Waals surface area contributed by atoms with Crippen molar-refractivity contribution in [1.82, 2.24) is 0 Å². The third kappa shape index (κ3) is 1.40. The molecule has 0 saturated carbocycles. The summed E-state index contributed by atoms with van der Waals surface area (Å²) in [6.07, 6.45) is 1.23. The van der Waals surface area contributed by atoms with E-state index in [1.54, 1.807) is 6.07 Å². The molecule has 0 heterocycles. The highest BCUT2D eigenvalue weighted by molar-refractivity contribution is 6.10. The Morgan fingerprint density at radius 2 is 1.80 bits per heavy atom. The molecule has 3 rings (SSSR count). The van der Waals surface area contributed by atoms with Crippen LogP contribution in [0.25, 0.3) is 5.57 Å². The van der Waals surface area contributed by atoms with Crippen molar-refractivity contribution in [3.05, 3.63) is 53.1 Å². The minimum Gasteiger partial charge on any atom is -0.381 e. The molecule has 1 aromatic carbocycles. The Hall–Kier alpha value is -1.67. The van der Waals surface area contributed by atoms with Gasteiger partial charge in [0.2, 0.25) is 0 Å². The van der Waals surface area contributed by atoms with E-state index < -0.39 is 11.0 Å². The van der Waals surface area contributed by atoms with Crippen molar-refractivity contribution in [2.24, 2.45) is 5.41 Å². The van der Waals surface area contributed by atoms with Gasteiger partial charge in [-0.1, -0.05) is 50.3 Å². The van der Waals surface area contributed by atoms with Crippen LogP contribution in [0.15, 0.2) is 42.0 Å². The highest BCUT2D eigenvalue weighted by Crippen LogP contribution is 2.55. The zero-order valence-corrected chi connectivity index (χ0v) is 12.3. The normalized spacial score (nSPS) is 28.2. The minimum absolute atomic E-state index is 0.165. The third-order valence-corrected chi connectivity index (χ3v) is 5.12. The first kappa shape index (κ1) is 13.3. The Balaban J connectivity index is 2.42. The van der Waals surface area contributed by atoms with Crippen molar-refractivity contribution in [2.75, 3.05) is 0 Å². The number of aliphatic hydroxyl groups is 1. The first-order chi connectivity index (χ1) is 9.30. The largest absolute Gasteiger partial charge is 0.381 e. The molecule has 0 fully saturated rings. The Kier molecular flexibility index (Phi) is 2.61. The number of carbonyl (C=O) groups excluding carboxylic acids is 1. The monoisotopic (exact) mass is 268 g/mol. The minimum atomic E-state index is -1.34. The molecule has 0 unspecified atom stereocenters. The average Bonchev–Trinajstić information content (AvgIpc) is 2.44. The maximum Gasteiger partial charge on any atom is 0.195 e. The second-order valence-electron chi connectivity index (χ2n) is 6.49. The summed E-state index contributed by atoms with van der Waals surface area (Å²) in [5, 5.41) is 11.1. The van der Waals surface area contributed by atoms with E-state index in [0.717, 1.165) is 23.1 Å². The summed E-state index contributed by atoms with van der Waals surface area (Å²) in [6.45, 7) is 10.2. The quantitative estimate of drug-likeness (QED) is 0.777. The van der Waals surface area contributed by atoms with Gasteiger partial charge in [-0.15, -0.1) is 0 Å². The summed E-state index contributed by atoms with van der Waals surface area (Å²) >= 11 is 0. The van der Waals surface area contributed by atoms with Crippen LogP contribution in [0.1, 0.15) is 49.5 Å². The van der Waals surface area contributed by atoms with Crippen LogP contribution in [0.2, 0.25) is 0 Å². The maximum absolute atomic E-state index is 12.9. The summed E-state index contributed by atoms with van der Waals surface area (Å²) in [5.74, 6) is -0.165. The smallest absolute Gasteiger partial charge is 0.195 e. The van der Waals surface area contributed by atoms with Gasteiger partial charge in [0.05, 0.1) is 0 Å². The first-order valence-electron chi connectivity index (χ1n) is 7.07. The van der Waals surface area contributed by atoms with Crippen LogP contribution in [0.3, 0.4) is 0 Å². The number of rotatable bonds is 0. The fourth-order valence-corrected chi connectivity index (χ4v) is 3.88. The molecule has 0 saturated heterocycles. The molecule has 2 heteroatoms. The van der Waals surface area contributed by atoms with Crippen molar-refractivity contribution in [3.63, 3.8) is 0 Å². The molecule has 0 radical (unpaired) electrons. The lowest BCUT2D eigenvalue weighted by Gasteiger charge is -2.46. The summed E-state index contributed by atoms with van der Waals surface area (Å²) in [6, 6.07) is 7.49. The predicted molar refractivity (Wildman–Crippen MR) is 80.5 cm³/mol. The summed E-state index contributed by atoms with van der Waals surface area (Å²) in [5.41, 5.74) is 2.67. The highest BCUT2D eigenvalue weighted by Gasteiger charge is 2.56. The standard InChI is InChI=1S/C18H20O2/c1-11-9-10-18(20)16(19)14-8-6-5-7-13(14)12(2)15(11)17(18,3)4/h5-8,20H,2,9-10H2,1,3-4H3/t18-/m1/s1. The summed E-state index contributed by atoms with van der Waals surface area (Å²) in [7, 11) is 0. The van der Waals surface area contributed by atoms with Gasteiger partial charge >= 0.3 is 0 Å². The summed E-state index contributed by atoms with van der Waals surface area (Å²) in [4.78, 5) is 12.9. The van der Waals surface area contributed by atoms with Gasteiger partial charge in [-0.25, -0.2) is 0 Å². The van der Waals surface area contributed by atoms with E-state index in [4.69, 9.17) is 0 Å². The van der Waals surface area contributed by atoms with Crippen LogP contribution in [0.5, 0.6) is 0 Å². The zero-order chi connectivity index (χ0) is 14.7. The summed E-state index contributed by atoms with van der Waals surface area (Å²) < 4.78 is 0. The van der Waals surface area contributed by atoms with E-state index in [1.165, 1.54) is 5.57 Å². The predicted octanol–water partition coefficient (Wildman–Crippen LogP) is 3.76. The Bertz CT molecular complexity index is 664. The van der Waals surface area contributed by atoms with Gasteiger partial charge in [0.15, 0.2) is 5.78 Å². The molecule has 1 N–H and O–H groups in total. The van der Waals surface area contributed by atoms with Gasteiger partial charge in [0, 0.05) is 11.0 Å². The molecule has 1 atom stereocenters.